The summed E-state index contributed by atoms with van der Waals surface area (Å²) in [6, 6.07) is 7.89. The summed E-state index contributed by atoms with van der Waals surface area (Å²) >= 11 is 0. The topological polar surface area (TPSA) is 68.9 Å². The SMILES string of the molecule is CCn1cnc(CNC(=O)c2c(C)ccn(-c3cccc4c3CCC4)c2=O)c1. The Bertz CT molecular complexity index is 1090. The molecule has 0 aliphatic heterocycles. The van der Waals surface area contributed by atoms with Crippen LogP contribution in [-0.4, -0.2) is 20.0 Å². The first-order chi connectivity index (χ1) is 13.6. The van der Waals surface area contributed by atoms with E-state index in [0.29, 0.717) is 12.1 Å². The quantitative estimate of drug-likeness (QED) is 0.744. The van der Waals surface area contributed by atoms with Crippen LogP contribution >= 0.6 is 0 Å². The van der Waals surface area contributed by atoms with E-state index in [1.54, 1.807) is 24.0 Å². The van der Waals surface area contributed by atoms with Gasteiger partial charge in [-0.25, -0.2) is 4.98 Å². The third-order valence-electron chi connectivity index (χ3n) is 5.39. The van der Waals surface area contributed by atoms with Crippen molar-refractivity contribution in [3.8, 4) is 5.69 Å². The first kappa shape index (κ1) is 18.2. The van der Waals surface area contributed by atoms with Crippen molar-refractivity contribution in [2.24, 2.45) is 0 Å². The summed E-state index contributed by atoms with van der Waals surface area (Å²) < 4.78 is 3.55. The maximum atomic E-state index is 13.2. The summed E-state index contributed by atoms with van der Waals surface area (Å²) in [7, 11) is 0. The molecule has 0 fully saturated rings. The number of hydrogen-bond acceptors (Lipinski definition) is 3. The number of pyridine rings is 1. The van der Waals surface area contributed by atoms with Gasteiger partial charge in [0.25, 0.3) is 11.5 Å². The fourth-order valence-electron chi connectivity index (χ4n) is 3.85. The number of carbonyl (C=O) groups is 1. The van der Waals surface area contributed by atoms with Gasteiger partial charge in [0.15, 0.2) is 0 Å². The van der Waals surface area contributed by atoms with E-state index < -0.39 is 0 Å². The van der Waals surface area contributed by atoms with E-state index >= 15 is 0 Å². The number of carbonyl (C=O) groups excluding carboxylic acids is 1. The molecule has 0 spiro atoms. The average Bonchev–Trinajstić information content (AvgIpc) is 3.35. The second-order valence-corrected chi connectivity index (χ2v) is 7.20. The highest BCUT2D eigenvalue weighted by atomic mass is 16.2. The van der Waals surface area contributed by atoms with E-state index in [-0.39, 0.29) is 17.0 Å². The van der Waals surface area contributed by atoms with E-state index in [1.165, 1.54) is 11.1 Å². The van der Waals surface area contributed by atoms with Crippen molar-refractivity contribution >= 4 is 5.91 Å². The maximum Gasteiger partial charge on any atom is 0.268 e. The zero-order chi connectivity index (χ0) is 19.7. The average molecular weight is 376 g/mol. The minimum absolute atomic E-state index is 0.188. The van der Waals surface area contributed by atoms with Crippen molar-refractivity contribution in [3.63, 3.8) is 0 Å². The molecule has 28 heavy (non-hydrogen) atoms. The molecule has 2 aromatic heterocycles. The van der Waals surface area contributed by atoms with Crippen LogP contribution in [0.3, 0.4) is 0 Å². The minimum atomic E-state index is -0.365. The molecule has 4 rings (SSSR count). The predicted octanol–water partition coefficient (Wildman–Crippen LogP) is 2.78. The van der Waals surface area contributed by atoms with Gasteiger partial charge in [-0.05, 0) is 61.9 Å². The van der Waals surface area contributed by atoms with E-state index in [9.17, 15) is 9.59 Å². The molecule has 1 aromatic carbocycles. The van der Waals surface area contributed by atoms with E-state index in [2.05, 4.69) is 16.4 Å². The first-order valence-corrected chi connectivity index (χ1v) is 9.70. The largest absolute Gasteiger partial charge is 0.346 e. The standard InChI is InChI=1S/C22H24N4O2/c1-3-25-13-17(24-14-25)12-23-21(27)20-15(2)10-11-26(22(20)28)19-9-5-7-16-6-4-8-18(16)19/h5,7,9-11,13-14H,3-4,6,8,12H2,1-2H3,(H,23,27). The number of imidazole rings is 1. The molecule has 0 unspecified atom stereocenters. The van der Waals surface area contributed by atoms with Gasteiger partial charge in [-0.15, -0.1) is 0 Å². The molecule has 0 atom stereocenters. The highest BCUT2D eigenvalue weighted by Gasteiger charge is 2.20. The molecule has 0 bridgehead atoms. The Morgan fingerprint density at radius 1 is 1.25 bits per heavy atom. The Kier molecular flexibility index (Phi) is 4.86. The van der Waals surface area contributed by atoms with Crippen LogP contribution in [-0.2, 0) is 25.9 Å². The molecule has 6 nitrogen and oxygen atoms in total. The third-order valence-corrected chi connectivity index (χ3v) is 5.39. The van der Waals surface area contributed by atoms with Gasteiger partial charge < -0.3 is 9.88 Å². The first-order valence-electron chi connectivity index (χ1n) is 9.70. The highest BCUT2D eigenvalue weighted by Crippen LogP contribution is 2.27. The highest BCUT2D eigenvalue weighted by molar-refractivity contribution is 5.95. The van der Waals surface area contributed by atoms with Crippen molar-refractivity contribution in [3.05, 3.63) is 81.3 Å². The van der Waals surface area contributed by atoms with Crippen LogP contribution in [0.1, 0.15) is 46.1 Å². The number of hydrogen-bond donors (Lipinski definition) is 1. The number of fused-ring (bicyclic) bond motifs is 1. The zero-order valence-corrected chi connectivity index (χ0v) is 16.2. The van der Waals surface area contributed by atoms with Gasteiger partial charge >= 0.3 is 0 Å². The van der Waals surface area contributed by atoms with Crippen molar-refractivity contribution in [1.82, 2.24) is 19.4 Å². The summed E-state index contributed by atoms with van der Waals surface area (Å²) in [6.07, 6.45) is 8.51. The molecular formula is C22H24N4O2. The van der Waals surface area contributed by atoms with Crippen LogP contribution in [0.4, 0.5) is 0 Å². The molecule has 0 radical (unpaired) electrons. The lowest BCUT2D eigenvalue weighted by Crippen LogP contribution is -2.33. The van der Waals surface area contributed by atoms with Crippen LogP contribution in [0.15, 0.2) is 47.8 Å². The summed E-state index contributed by atoms with van der Waals surface area (Å²) in [5, 5.41) is 2.84. The zero-order valence-electron chi connectivity index (χ0n) is 16.2. The monoisotopic (exact) mass is 376 g/mol. The van der Waals surface area contributed by atoms with Crippen LogP contribution in [0.2, 0.25) is 0 Å². The molecule has 1 amide bonds. The van der Waals surface area contributed by atoms with E-state index in [1.807, 2.05) is 35.9 Å². The van der Waals surface area contributed by atoms with Crippen molar-refractivity contribution in [1.29, 1.82) is 0 Å². The predicted molar refractivity (Wildman–Crippen MR) is 108 cm³/mol. The summed E-state index contributed by atoms with van der Waals surface area (Å²) in [6.45, 7) is 4.94. The van der Waals surface area contributed by atoms with Crippen LogP contribution in [0.25, 0.3) is 5.69 Å². The van der Waals surface area contributed by atoms with Crippen molar-refractivity contribution in [2.45, 2.75) is 46.2 Å². The van der Waals surface area contributed by atoms with Gasteiger partial charge in [0.05, 0.1) is 24.3 Å². The lowest BCUT2D eigenvalue weighted by Gasteiger charge is -2.14. The Hall–Kier alpha value is -3.15. The van der Waals surface area contributed by atoms with Gasteiger partial charge in [-0.3, -0.25) is 14.2 Å². The molecular weight excluding hydrogens is 352 g/mol. The van der Waals surface area contributed by atoms with Crippen LogP contribution in [0.5, 0.6) is 0 Å². The number of nitrogens with one attached hydrogen (secondary N) is 1. The third kappa shape index (κ3) is 3.26. The summed E-state index contributed by atoms with van der Waals surface area (Å²) in [5.41, 5.74) is 4.74. The molecule has 0 saturated carbocycles. The molecule has 1 aliphatic rings. The fraction of sp³-hybridized carbons (Fsp3) is 0.318. The number of aryl methyl sites for hydroxylation is 3. The molecule has 6 heteroatoms. The number of aromatic nitrogens is 3. The van der Waals surface area contributed by atoms with Crippen LogP contribution in [0, 0.1) is 6.92 Å². The van der Waals surface area contributed by atoms with E-state index in [0.717, 1.165) is 37.2 Å². The molecule has 3 aromatic rings. The lowest BCUT2D eigenvalue weighted by molar-refractivity contribution is 0.0948. The Morgan fingerprint density at radius 2 is 2.11 bits per heavy atom. The normalized spacial score (nSPS) is 12.8. The van der Waals surface area contributed by atoms with Crippen molar-refractivity contribution in [2.75, 3.05) is 0 Å². The van der Waals surface area contributed by atoms with Gasteiger partial charge in [-0.2, -0.15) is 0 Å². The number of rotatable bonds is 5. The Morgan fingerprint density at radius 3 is 2.89 bits per heavy atom. The van der Waals surface area contributed by atoms with Gasteiger partial charge in [0.2, 0.25) is 0 Å². The Balaban J connectivity index is 1.65. The fourth-order valence-corrected chi connectivity index (χ4v) is 3.85. The van der Waals surface area contributed by atoms with Crippen molar-refractivity contribution < 1.29 is 4.79 Å². The minimum Gasteiger partial charge on any atom is -0.346 e. The lowest BCUT2D eigenvalue weighted by atomic mass is 10.1. The van der Waals surface area contributed by atoms with Gasteiger partial charge in [-0.1, -0.05) is 12.1 Å². The molecule has 1 N–H and O–H groups in total. The smallest absolute Gasteiger partial charge is 0.268 e. The molecule has 144 valence electrons. The number of benzene rings is 1. The molecule has 2 heterocycles. The van der Waals surface area contributed by atoms with E-state index in [4.69, 9.17) is 0 Å². The summed E-state index contributed by atoms with van der Waals surface area (Å²) in [5.74, 6) is -0.365. The number of nitrogens with zero attached hydrogens (tertiary/aromatic N) is 3. The second kappa shape index (κ2) is 7.46. The maximum absolute atomic E-state index is 13.2. The van der Waals surface area contributed by atoms with Gasteiger partial charge in [0.1, 0.15) is 5.56 Å². The number of amides is 1. The Labute approximate surface area is 163 Å². The second-order valence-electron chi connectivity index (χ2n) is 7.20. The van der Waals surface area contributed by atoms with Gasteiger partial charge in [0, 0.05) is 18.9 Å². The molecule has 1 aliphatic carbocycles. The molecule has 0 saturated heterocycles. The summed E-state index contributed by atoms with van der Waals surface area (Å²) in [4.78, 5) is 30.2. The van der Waals surface area contributed by atoms with Crippen LogP contribution < -0.4 is 10.9 Å².